The molecule has 0 amide bonds. The molecule has 0 aliphatic heterocycles. The Bertz CT molecular complexity index is 691. The van der Waals surface area contributed by atoms with Gasteiger partial charge >= 0.3 is 0 Å². The average Bonchev–Trinajstić information content (AvgIpc) is 2.58. The lowest BCUT2D eigenvalue weighted by molar-refractivity contribution is -0.0260. The molecule has 3 heteroatoms. The summed E-state index contributed by atoms with van der Waals surface area (Å²) < 4.78 is 0. The number of phenols is 2. The van der Waals surface area contributed by atoms with Gasteiger partial charge in [0.1, 0.15) is 11.5 Å². The van der Waals surface area contributed by atoms with Gasteiger partial charge in [0.2, 0.25) is 0 Å². The smallest absolute Gasteiger partial charge is 0.123 e. The van der Waals surface area contributed by atoms with Crippen molar-refractivity contribution in [1.82, 2.24) is 0 Å². The van der Waals surface area contributed by atoms with Crippen LogP contribution in [0, 0.1) is 17.3 Å². The summed E-state index contributed by atoms with van der Waals surface area (Å²) in [5, 5.41) is 31.4. The standard InChI is InChI=1S/C23H34O3/c1-6-7-8-22(2,3)15-10-19(25)21(20(26)11-15)16-9-14(13-24)17-12-18(16)23(17,4)5/h9-11,16-18,24-26H,6-8,12-13H2,1-5H3/t16-,17+,18-/m0/s1. The van der Waals surface area contributed by atoms with Gasteiger partial charge in [0.15, 0.2) is 0 Å². The first-order valence-electron chi connectivity index (χ1n) is 10.0. The summed E-state index contributed by atoms with van der Waals surface area (Å²) in [6, 6.07) is 3.68. The lowest BCUT2D eigenvalue weighted by atomic mass is 9.45. The van der Waals surface area contributed by atoms with Crippen molar-refractivity contribution >= 4 is 0 Å². The van der Waals surface area contributed by atoms with Gasteiger partial charge in [-0.1, -0.05) is 53.5 Å². The third kappa shape index (κ3) is 2.94. The second-order valence-electron chi connectivity index (χ2n) is 9.56. The molecule has 1 aromatic rings. The molecule has 3 atom stereocenters. The van der Waals surface area contributed by atoms with Crippen LogP contribution in [0.4, 0.5) is 0 Å². The van der Waals surface area contributed by atoms with Crippen molar-refractivity contribution in [2.45, 2.75) is 71.6 Å². The van der Waals surface area contributed by atoms with Gasteiger partial charge in [-0.25, -0.2) is 0 Å². The Labute approximate surface area is 157 Å². The zero-order valence-corrected chi connectivity index (χ0v) is 16.8. The Kier molecular flexibility index (Phi) is 4.89. The van der Waals surface area contributed by atoms with Crippen molar-refractivity contribution in [3.63, 3.8) is 0 Å². The highest BCUT2D eigenvalue weighted by molar-refractivity contribution is 5.53. The monoisotopic (exact) mass is 358 g/mol. The van der Waals surface area contributed by atoms with E-state index in [-0.39, 0.29) is 34.9 Å². The maximum Gasteiger partial charge on any atom is 0.123 e. The highest BCUT2D eigenvalue weighted by Crippen LogP contribution is 2.64. The summed E-state index contributed by atoms with van der Waals surface area (Å²) in [6.45, 7) is 11.0. The Morgan fingerprint density at radius 1 is 1.15 bits per heavy atom. The first kappa shape index (κ1) is 19.3. The number of hydrogen-bond donors (Lipinski definition) is 3. The number of hydrogen-bond acceptors (Lipinski definition) is 3. The zero-order valence-electron chi connectivity index (χ0n) is 16.8. The number of unbranched alkanes of at least 4 members (excludes halogenated alkanes) is 1. The predicted molar refractivity (Wildman–Crippen MR) is 106 cm³/mol. The van der Waals surface area contributed by atoms with Crippen LogP contribution in [0.15, 0.2) is 23.8 Å². The van der Waals surface area contributed by atoms with E-state index < -0.39 is 0 Å². The minimum Gasteiger partial charge on any atom is -0.507 e. The van der Waals surface area contributed by atoms with E-state index in [9.17, 15) is 15.3 Å². The number of benzene rings is 1. The van der Waals surface area contributed by atoms with Crippen LogP contribution in [0.25, 0.3) is 0 Å². The van der Waals surface area contributed by atoms with Crippen LogP contribution < -0.4 is 0 Å². The lowest BCUT2D eigenvalue weighted by Gasteiger charge is -2.59. The van der Waals surface area contributed by atoms with Gasteiger partial charge in [0.25, 0.3) is 0 Å². The molecule has 4 rings (SSSR count). The summed E-state index contributed by atoms with van der Waals surface area (Å²) in [5.74, 6) is 1.14. The maximum absolute atomic E-state index is 10.8. The molecule has 1 aromatic carbocycles. The van der Waals surface area contributed by atoms with Crippen molar-refractivity contribution in [3.05, 3.63) is 34.9 Å². The molecule has 144 valence electrons. The Balaban J connectivity index is 2.00. The molecule has 1 fully saturated rings. The van der Waals surface area contributed by atoms with E-state index in [1.165, 1.54) is 0 Å². The van der Waals surface area contributed by atoms with E-state index in [0.29, 0.717) is 17.4 Å². The van der Waals surface area contributed by atoms with E-state index >= 15 is 0 Å². The summed E-state index contributed by atoms with van der Waals surface area (Å²) >= 11 is 0. The van der Waals surface area contributed by atoms with Crippen LogP contribution in [-0.2, 0) is 5.41 Å². The minimum absolute atomic E-state index is 0.0371. The molecular formula is C23H34O3. The van der Waals surface area contributed by atoms with Gasteiger partial charge in [-0.2, -0.15) is 0 Å². The first-order chi connectivity index (χ1) is 12.1. The number of aliphatic hydroxyl groups excluding tert-OH is 1. The van der Waals surface area contributed by atoms with Gasteiger partial charge in [0, 0.05) is 11.5 Å². The Hall–Kier alpha value is -1.48. The lowest BCUT2D eigenvalue weighted by Crippen LogP contribution is -2.51. The Morgan fingerprint density at radius 2 is 1.77 bits per heavy atom. The molecule has 3 aliphatic rings. The maximum atomic E-state index is 10.8. The number of allylic oxidation sites excluding steroid dienone is 1. The average molecular weight is 359 g/mol. The van der Waals surface area contributed by atoms with Crippen LogP contribution in [0.1, 0.15) is 77.3 Å². The van der Waals surface area contributed by atoms with E-state index in [1.54, 1.807) is 0 Å². The van der Waals surface area contributed by atoms with Crippen molar-refractivity contribution in [3.8, 4) is 11.5 Å². The van der Waals surface area contributed by atoms with E-state index in [1.807, 2.05) is 12.1 Å². The summed E-state index contributed by atoms with van der Waals surface area (Å²) in [7, 11) is 0. The molecule has 1 saturated carbocycles. The zero-order chi connectivity index (χ0) is 19.3. The largest absolute Gasteiger partial charge is 0.507 e. The second kappa shape index (κ2) is 6.60. The van der Waals surface area contributed by atoms with Crippen LogP contribution >= 0.6 is 0 Å². The molecule has 0 aromatic heterocycles. The van der Waals surface area contributed by atoms with Crippen molar-refractivity contribution in [1.29, 1.82) is 0 Å². The number of fused-ring (bicyclic) bond motifs is 1. The molecule has 0 radical (unpaired) electrons. The molecule has 2 bridgehead atoms. The highest BCUT2D eigenvalue weighted by atomic mass is 16.3. The molecule has 0 saturated heterocycles. The fraction of sp³-hybridized carbons (Fsp3) is 0.652. The first-order valence-corrected chi connectivity index (χ1v) is 10.0. The second-order valence-corrected chi connectivity index (χ2v) is 9.56. The van der Waals surface area contributed by atoms with Gasteiger partial charge in [-0.3, -0.25) is 0 Å². The summed E-state index contributed by atoms with van der Waals surface area (Å²) in [4.78, 5) is 0. The van der Waals surface area contributed by atoms with E-state index in [2.05, 4.69) is 40.7 Å². The molecule has 0 spiro atoms. The molecule has 3 aliphatic carbocycles. The fourth-order valence-electron chi connectivity index (χ4n) is 5.23. The van der Waals surface area contributed by atoms with Crippen molar-refractivity contribution in [2.75, 3.05) is 6.61 Å². The van der Waals surface area contributed by atoms with Gasteiger partial charge in [0.05, 0.1) is 6.61 Å². The molecular weight excluding hydrogens is 324 g/mol. The van der Waals surface area contributed by atoms with Crippen LogP contribution in [-0.4, -0.2) is 21.9 Å². The third-order valence-electron chi connectivity index (χ3n) is 7.21. The van der Waals surface area contributed by atoms with Gasteiger partial charge in [-0.15, -0.1) is 0 Å². The van der Waals surface area contributed by atoms with E-state index in [4.69, 9.17) is 0 Å². The SMILES string of the molecule is CCCCC(C)(C)c1cc(O)c([C@H]2C=C(CO)[C@H]3C[C@@H]2C3(C)C)c(O)c1. The van der Waals surface area contributed by atoms with Crippen molar-refractivity contribution < 1.29 is 15.3 Å². The quantitative estimate of drug-likeness (QED) is 0.609. The van der Waals surface area contributed by atoms with Gasteiger partial charge < -0.3 is 15.3 Å². The fourth-order valence-corrected chi connectivity index (χ4v) is 5.23. The molecule has 26 heavy (non-hydrogen) atoms. The van der Waals surface area contributed by atoms with Gasteiger partial charge in [-0.05, 0) is 58.8 Å². The van der Waals surface area contributed by atoms with Crippen LogP contribution in [0.5, 0.6) is 11.5 Å². The van der Waals surface area contributed by atoms with Crippen LogP contribution in [0.3, 0.4) is 0 Å². The number of aromatic hydroxyl groups is 2. The minimum atomic E-state index is -0.0804. The number of rotatable bonds is 6. The van der Waals surface area contributed by atoms with Crippen LogP contribution in [0.2, 0.25) is 0 Å². The summed E-state index contributed by atoms with van der Waals surface area (Å²) in [6.07, 6.45) is 6.39. The number of phenolic OH excluding ortho intramolecular Hbond substituents is 2. The molecule has 3 N–H and O–H groups in total. The normalized spacial score (nSPS) is 27.0. The predicted octanol–water partition coefficient (Wildman–Crippen LogP) is 5.24. The molecule has 0 unspecified atom stereocenters. The molecule has 0 heterocycles. The van der Waals surface area contributed by atoms with E-state index in [0.717, 1.165) is 36.8 Å². The highest BCUT2D eigenvalue weighted by Gasteiger charge is 2.55. The Morgan fingerprint density at radius 3 is 2.27 bits per heavy atom. The van der Waals surface area contributed by atoms with Crippen molar-refractivity contribution in [2.24, 2.45) is 17.3 Å². The molecule has 3 nitrogen and oxygen atoms in total. The summed E-state index contributed by atoms with van der Waals surface area (Å²) in [5.41, 5.74) is 2.67. The third-order valence-corrected chi connectivity index (χ3v) is 7.21. The number of aliphatic hydroxyl groups is 1. The topological polar surface area (TPSA) is 60.7 Å².